The van der Waals surface area contributed by atoms with Gasteiger partial charge in [0.25, 0.3) is 0 Å². The summed E-state index contributed by atoms with van der Waals surface area (Å²) >= 11 is 1.57. The summed E-state index contributed by atoms with van der Waals surface area (Å²) in [5.41, 5.74) is 0.491. The molecule has 2 N–H and O–H groups in total. The Morgan fingerprint density at radius 1 is 1.22 bits per heavy atom. The summed E-state index contributed by atoms with van der Waals surface area (Å²) in [6, 6.07) is 9.44. The summed E-state index contributed by atoms with van der Waals surface area (Å²) in [5.74, 6) is 0.0208. The van der Waals surface area contributed by atoms with Crippen LogP contribution in [0.4, 0.5) is 9.18 Å². The van der Waals surface area contributed by atoms with Crippen molar-refractivity contribution in [2.24, 2.45) is 0 Å². The highest BCUT2D eigenvalue weighted by Gasteiger charge is 2.10. The van der Waals surface area contributed by atoms with E-state index in [4.69, 9.17) is 0 Å². The van der Waals surface area contributed by atoms with Crippen LogP contribution in [0.3, 0.4) is 0 Å². The van der Waals surface area contributed by atoms with Crippen molar-refractivity contribution in [3.8, 4) is 5.69 Å². The number of aromatic nitrogens is 4. The summed E-state index contributed by atoms with van der Waals surface area (Å²) in [6.45, 7) is 0.581. The molecule has 2 amide bonds. The molecule has 0 aliphatic rings. The third kappa shape index (κ3) is 3.89. The smallest absolute Gasteiger partial charge is 0.315 e. The van der Waals surface area contributed by atoms with Crippen LogP contribution >= 0.6 is 11.3 Å². The molecule has 0 spiro atoms. The van der Waals surface area contributed by atoms with Crippen LogP contribution in [0.1, 0.15) is 10.7 Å². The van der Waals surface area contributed by atoms with Gasteiger partial charge in [-0.3, -0.25) is 0 Å². The predicted octanol–water partition coefficient (Wildman–Crippen LogP) is 1.86. The maximum absolute atomic E-state index is 13.3. The monoisotopic (exact) mass is 332 g/mol. The molecule has 0 saturated heterocycles. The molecule has 7 nitrogen and oxygen atoms in total. The van der Waals surface area contributed by atoms with E-state index in [2.05, 4.69) is 26.2 Å². The molecule has 23 heavy (non-hydrogen) atoms. The van der Waals surface area contributed by atoms with Crippen molar-refractivity contribution in [3.05, 3.63) is 58.3 Å². The largest absolute Gasteiger partial charge is 0.333 e. The fourth-order valence-corrected chi connectivity index (χ4v) is 2.57. The lowest BCUT2D eigenvalue weighted by atomic mass is 10.3. The van der Waals surface area contributed by atoms with E-state index >= 15 is 0 Å². The Morgan fingerprint density at radius 3 is 2.87 bits per heavy atom. The van der Waals surface area contributed by atoms with Crippen LogP contribution < -0.4 is 10.6 Å². The minimum Gasteiger partial charge on any atom is -0.333 e. The van der Waals surface area contributed by atoms with Gasteiger partial charge in [0.05, 0.1) is 18.8 Å². The second-order valence-electron chi connectivity index (χ2n) is 4.60. The van der Waals surface area contributed by atoms with Crippen LogP contribution in [0.25, 0.3) is 5.69 Å². The van der Waals surface area contributed by atoms with Crippen molar-refractivity contribution in [1.29, 1.82) is 0 Å². The number of thiophene rings is 1. The van der Waals surface area contributed by atoms with Gasteiger partial charge < -0.3 is 10.6 Å². The minimum absolute atomic E-state index is 0.125. The van der Waals surface area contributed by atoms with E-state index in [0.717, 1.165) is 4.88 Å². The van der Waals surface area contributed by atoms with Gasteiger partial charge in [-0.05, 0) is 40.1 Å². The van der Waals surface area contributed by atoms with Crippen molar-refractivity contribution in [2.45, 2.75) is 13.1 Å². The van der Waals surface area contributed by atoms with Crippen LogP contribution in [0.2, 0.25) is 0 Å². The van der Waals surface area contributed by atoms with E-state index in [1.807, 2.05) is 17.5 Å². The van der Waals surface area contributed by atoms with Gasteiger partial charge in [-0.1, -0.05) is 12.1 Å². The highest BCUT2D eigenvalue weighted by atomic mass is 32.1. The highest BCUT2D eigenvalue weighted by molar-refractivity contribution is 7.09. The van der Waals surface area contributed by atoms with E-state index in [-0.39, 0.29) is 18.4 Å². The van der Waals surface area contributed by atoms with Crippen LogP contribution in [-0.2, 0) is 13.1 Å². The van der Waals surface area contributed by atoms with Crippen molar-refractivity contribution in [2.75, 3.05) is 0 Å². The number of nitrogens with zero attached hydrogens (tertiary/aromatic N) is 4. The summed E-state index contributed by atoms with van der Waals surface area (Å²) in [5, 5.41) is 18.6. The van der Waals surface area contributed by atoms with Gasteiger partial charge in [0, 0.05) is 4.88 Å². The Morgan fingerprint density at radius 2 is 2.09 bits per heavy atom. The molecular weight excluding hydrogens is 319 g/mol. The van der Waals surface area contributed by atoms with E-state index < -0.39 is 0 Å². The quantitative estimate of drug-likeness (QED) is 0.747. The number of rotatable bonds is 5. The molecule has 0 radical (unpaired) electrons. The molecule has 3 rings (SSSR count). The summed E-state index contributed by atoms with van der Waals surface area (Å²) in [4.78, 5) is 12.8. The van der Waals surface area contributed by atoms with Crippen LogP contribution in [0.15, 0.2) is 41.8 Å². The normalized spacial score (nSPS) is 10.5. The average Bonchev–Trinajstić information content (AvgIpc) is 3.22. The molecule has 0 atom stereocenters. The maximum Gasteiger partial charge on any atom is 0.315 e. The lowest BCUT2D eigenvalue weighted by Gasteiger charge is -2.07. The van der Waals surface area contributed by atoms with Crippen molar-refractivity contribution >= 4 is 17.4 Å². The minimum atomic E-state index is -0.384. The number of nitrogens with one attached hydrogen (secondary N) is 2. The predicted molar refractivity (Wildman–Crippen MR) is 82.5 cm³/mol. The number of hydrogen-bond acceptors (Lipinski definition) is 5. The van der Waals surface area contributed by atoms with Gasteiger partial charge in [-0.25, -0.2) is 9.18 Å². The molecule has 9 heteroatoms. The third-order valence-electron chi connectivity index (χ3n) is 3.00. The third-order valence-corrected chi connectivity index (χ3v) is 3.87. The number of benzene rings is 1. The molecule has 3 aromatic rings. The first-order chi connectivity index (χ1) is 11.2. The number of hydrogen-bond donors (Lipinski definition) is 2. The van der Waals surface area contributed by atoms with E-state index in [0.29, 0.717) is 18.1 Å². The van der Waals surface area contributed by atoms with E-state index in [1.54, 1.807) is 23.5 Å². The topological polar surface area (TPSA) is 84.7 Å². The highest BCUT2D eigenvalue weighted by Crippen LogP contribution is 2.10. The zero-order valence-electron chi connectivity index (χ0n) is 11.9. The van der Waals surface area contributed by atoms with Gasteiger partial charge in [0.15, 0.2) is 5.82 Å². The summed E-state index contributed by atoms with van der Waals surface area (Å²) in [7, 11) is 0. The average molecular weight is 332 g/mol. The van der Waals surface area contributed by atoms with Gasteiger partial charge in [-0.2, -0.15) is 4.68 Å². The molecule has 2 heterocycles. The summed E-state index contributed by atoms with van der Waals surface area (Å²) in [6.07, 6.45) is 0. The number of carbonyl (C=O) groups excluding carboxylic acids is 1. The van der Waals surface area contributed by atoms with E-state index in [1.165, 1.54) is 16.8 Å². The van der Waals surface area contributed by atoms with Crippen LogP contribution in [-0.4, -0.2) is 26.2 Å². The molecule has 0 aliphatic heterocycles. The Hall–Kier alpha value is -2.81. The zero-order valence-corrected chi connectivity index (χ0v) is 12.8. The first-order valence-electron chi connectivity index (χ1n) is 6.79. The maximum atomic E-state index is 13.3. The SMILES string of the molecule is O=C(NCc1cccs1)NCc1nnnn1-c1cccc(F)c1. The molecule has 0 fully saturated rings. The van der Waals surface area contributed by atoms with Crippen molar-refractivity contribution < 1.29 is 9.18 Å². The Labute approximate surface area is 135 Å². The number of amides is 2. The Balaban J connectivity index is 1.58. The number of carbonyl (C=O) groups is 1. The Bertz CT molecular complexity index is 788. The van der Waals surface area contributed by atoms with Gasteiger partial charge in [0.1, 0.15) is 5.82 Å². The first kappa shape index (κ1) is 15.1. The fraction of sp³-hybridized carbons (Fsp3) is 0.143. The molecule has 0 aliphatic carbocycles. The molecule has 118 valence electrons. The Kier molecular flexibility index (Phi) is 4.57. The molecule has 0 saturated carbocycles. The molecule has 2 aromatic heterocycles. The number of urea groups is 1. The van der Waals surface area contributed by atoms with Gasteiger partial charge in [-0.15, -0.1) is 16.4 Å². The van der Waals surface area contributed by atoms with Gasteiger partial charge >= 0.3 is 6.03 Å². The number of halogens is 1. The first-order valence-corrected chi connectivity index (χ1v) is 7.67. The summed E-state index contributed by atoms with van der Waals surface area (Å²) < 4.78 is 14.7. The second kappa shape index (κ2) is 6.97. The second-order valence-corrected chi connectivity index (χ2v) is 5.63. The lowest BCUT2D eigenvalue weighted by Crippen LogP contribution is -2.35. The molecular formula is C14H13FN6OS. The number of tetrazole rings is 1. The van der Waals surface area contributed by atoms with Crippen LogP contribution in [0.5, 0.6) is 0 Å². The van der Waals surface area contributed by atoms with Crippen molar-refractivity contribution in [1.82, 2.24) is 30.8 Å². The molecule has 0 bridgehead atoms. The van der Waals surface area contributed by atoms with E-state index in [9.17, 15) is 9.18 Å². The molecule has 1 aromatic carbocycles. The lowest BCUT2D eigenvalue weighted by molar-refractivity contribution is 0.240. The van der Waals surface area contributed by atoms with Gasteiger partial charge in [0.2, 0.25) is 0 Å². The van der Waals surface area contributed by atoms with Crippen molar-refractivity contribution in [3.63, 3.8) is 0 Å². The molecule has 0 unspecified atom stereocenters. The zero-order chi connectivity index (χ0) is 16.1. The fourth-order valence-electron chi connectivity index (χ4n) is 1.93. The standard InChI is InChI=1S/C14H13FN6OS/c15-10-3-1-4-11(7-10)21-13(18-19-20-21)9-17-14(22)16-8-12-5-2-6-23-12/h1-7H,8-9H2,(H2,16,17,22). The van der Waals surface area contributed by atoms with Crippen LogP contribution in [0, 0.1) is 5.82 Å².